The van der Waals surface area contributed by atoms with Gasteiger partial charge >= 0.3 is 5.97 Å². The quantitative estimate of drug-likeness (QED) is 0.669. The molecule has 0 saturated carbocycles. The zero-order chi connectivity index (χ0) is 16.9. The third kappa shape index (κ3) is 3.40. The van der Waals surface area contributed by atoms with Gasteiger partial charge in [-0.25, -0.2) is 4.79 Å². The van der Waals surface area contributed by atoms with Crippen molar-refractivity contribution in [1.29, 1.82) is 0 Å². The van der Waals surface area contributed by atoms with E-state index in [9.17, 15) is 9.59 Å². The normalized spacial score (nSPS) is 12.8. The lowest BCUT2D eigenvalue weighted by molar-refractivity contribution is -0.138. The number of ether oxygens (including phenoxy) is 3. The highest BCUT2D eigenvalue weighted by Gasteiger charge is 2.18. The summed E-state index contributed by atoms with van der Waals surface area (Å²) in [7, 11) is 0. The molecule has 0 aliphatic carbocycles. The monoisotopic (exact) mass is 329 g/mol. The van der Waals surface area contributed by atoms with Crippen molar-refractivity contribution in [3.63, 3.8) is 0 Å². The van der Waals surface area contributed by atoms with E-state index in [1.54, 1.807) is 31.2 Å². The van der Waals surface area contributed by atoms with Gasteiger partial charge in [-0.3, -0.25) is 4.79 Å². The summed E-state index contributed by atoms with van der Waals surface area (Å²) in [4.78, 5) is 24.2. The molecule has 0 unspecified atom stereocenters. The number of amides is 1. The first kappa shape index (κ1) is 15.7. The largest absolute Gasteiger partial charge is 0.461 e. The molecular formula is C17H15NO6. The zero-order valence-electron chi connectivity index (χ0n) is 12.9. The number of carbonyl (C=O) groups is 2. The summed E-state index contributed by atoms with van der Waals surface area (Å²) in [5, 5.41) is 2.50. The van der Waals surface area contributed by atoms with E-state index in [1.807, 2.05) is 0 Å². The summed E-state index contributed by atoms with van der Waals surface area (Å²) in [6.45, 7) is 2.03. The second-order valence-corrected chi connectivity index (χ2v) is 4.82. The number of fused-ring (bicyclic) bond motifs is 1. The zero-order valence-corrected chi connectivity index (χ0v) is 12.9. The number of carbonyl (C=O) groups excluding carboxylic acids is 2. The number of rotatable bonds is 5. The average Bonchev–Trinajstić information content (AvgIpc) is 3.25. The van der Waals surface area contributed by atoms with Crippen LogP contribution in [0.15, 0.2) is 46.7 Å². The van der Waals surface area contributed by atoms with Gasteiger partial charge in [0.1, 0.15) is 5.70 Å². The summed E-state index contributed by atoms with van der Waals surface area (Å²) < 4.78 is 20.5. The molecule has 0 fully saturated rings. The molecule has 0 bridgehead atoms. The molecule has 0 radical (unpaired) electrons. The highest BCUT2D eigenvalue weighted by molar-refractivity contribution is 6.02. The molecule has 1 aromatic carbocycles. The average molecular weight is 329 g/mol. The van der Waals surface area contributed by atoms with Crippen LogP contribution >= 0.6 is 0 Å². The van der Waals surface area contributed by atoms with Crippen LogP contribution in [0, 0.1) is 0 Å². The van der Waals surface area contributed by atoms with Crippen LogP contribution in [0.4, 0.5) is 0 Å². The molecule has 24 heavy (non-hydrogen) atoms. The van der Waals surface area contributed by atoms with Crippen molar-refractivity contribution in [3.05, 3.63) is 53.6 Å². The standard InChI is InChI=1S/C17H15NO6/c1-2-21-17(20)12(18-16(19)14-4-3-7-22-14)8-11-5-6-13-15(9-11)24-10-23-13/h3-9H,2,10H2,1H3,(H,18,19)/b12-8+. The number of hydrogen-bond acceptors (Lipinski definition) is 6. The lowest BCUT2D eigenvalue weighted by atomic mass is 10.1. The Hall–Kier alpha value is -3.22. The van der Waals surface area contributed by atoms with Gasteiger partial charge in [-0.1, -0.05) is 6.07 Å². The highest BCUT2D eigenvalue weighted by atomic mass is 16.7. The molecule has 3 rings (SSSR count). The summed E-state index contributed by atoms with van der Waals surface area (Å²) in [6, 6.07) is 8.26. The van der Waals surface area contributed by atoms with Gasteiger partial charge in [0.25, 0.3) is 5.91 Å². The Labute approximate surface area is 137 Å². The Morgan fingerprint density at radius 2 is 2.08 bits per heavy atom. The second kappa shape index (κ2) is 6.91. The maximum atomic E-state index is 12.1. The van der Waals surface area contributed by atoms with Crippen molar-refractivity contribution in [2.75, 3.05) is 13.4 Å². The van der Waals surface area contributed by atoms with Gasteiger partial charge in [0.05, 0.1) is 12.9 Å². The van der Waals surface area contributed by atoms with Crippen LogP contribution in [0.25, 0.3) is 6.08 Å². The smallest absolute Gasteiger partial charge is 0.354 e. The molecule has 0 saturated heterocycles. The molecule has 1 N–H and O–H groups in total. The molecular weight excluding hydrogens is 314 g/mol. The van der Waals surface area contributed by atoms with Crippen LogP contribution in [0.5, 0.6) is 11.5 Å². The number of benzene rings is 1. The van der Waals surface area contributed by atoms with Crippen molar-refractivity contribution >= 4 is 18.0 Å². The Morgan fingerprint density at radius 3 is 2.83 bits per heavy atom. The van der Waals surface area contributed by atoms with E-state index in [4.69, 9.17) is 18.6 Å². The molecule has 1 amide bonds. The molecule has 1 aliphatic heterocycles. The van der Waals surface area contributed by atoms with E-state index in [0.29, 0.717) is 17.1 Å². The molecule has 2 heterocycles. The minimum absolute atomic E-state index is 0.00267. The van der Waals surface area contributed by atoms with E-state index in [2.05, 4.69) is 5.32 Å². The Morgan fingerprint density at radius 1 is 1.25 bits per heavy atom. The van der Waals surface area contributed by atoms with Gasteiger partial charge in [-0.15, -0.1) is 0 Å². The second-order valence-electron chi connectivity index (χ2n) is 4.82. The Bertz CT molecular complexity index is 778. The lowest BCUT2D eigenvalue weighted by Gasteiger charge is -2.08. The minimum Gasteiger partial charge on any atom is -0.461 e. The molecule has 0 atom stereocenters. The fraction of sp³-hybridized carbons (Fsp3) is 0.176. The van der Waals surface area contributed by atoms with E-state index in [-0.39, 0.29) is 24.9 Å². The first-order chi connectivity index (χ1) is 11.7. The number of nitrogens with one attached hydrogen (secondary N) is 1. The molecule has 7 nitrogen and oxygen atoms in total. The molecule has 1 aromatic heterocycles. The van der Waals surface area contributed by atoms with Crippen molar-refractivity contribution in [2.24, 2.45) is 0 Å². The highest BCUT2D eigenvalue weighted by Crippen LogP contribution is 2.33. The van der Waals surface area contributed by atoms with Gasteiger partial charge in [0, 0.05) is 0 Å². The SMILES string of the molecule is CCOC(=O)/C(=C\c1ccc2c(c1)OCO2)NC(=O)c1ccco1. The van der Waals surface area contributed by atoms with E-state index in [1.165, 1.54) is 18.4 Å². The summed E-state index contributed by atoms with van der Waals surface area (Å²) in [6.07, 6.45) is 2.88. The first-order valence-corrected chi connectivity index (χ1v) is 7.30. The van der Waals surface area contributed by atoms with Crippen LogP contribution < -0.4 is 14.8 Å². The number of esters is 1. The minimum atomic E-state index is -0.643. The van der Waals surface area contributed by atoms with E-state index in [0.717, 1.165) is 0 Å². The maximum absolute atomic E-state index is 12.1. The first-order valence-electron chi connectivity index (χ1n) is 7.30. The van der Waals surface area contributed by atoms with Gasteiger partial charge in [-0.2, -0.15) is 0 Å². The number of furan rings is 1. The topological polar surface area (TPSA) is 87.0 Å². The predicted octanol–water partition coefficient (Wildman–Crippen LogP) is 2.34. The number of hydrogen-bond donors (Lipinski definition) is 1. The van der Waals surface area contributed by atoms with Crippen LogP contribution in [-0.4, -0.2) is 25.3 Å². The van der Waals surface area contributed by atoms with Crippen LogP contribution in [-0.2, 0) is 9.53 Å². The third-order valence-electron chi connectivity index (χ3n) is 3.20. The van der Waals surface area contributed by atoms with Crippen molar-refractivity contribution in [2.45, 2.75) is 6.92 Å². The van der Waals surface area contributed by atoms with Gasteiger partial charge in [0.2, 0.25) is 6.79 Å². The summed E-state index contributed by atoms with van der Waals surface area (Å²) >= 11 is 0. The maximum Gasteiger partial charge on any atom is 0.354 e. The van der Waals surface area contributed by atoms with E-state index >= 15 is 0 Å². The molecule has 0 spiro atoms. The Balaban J connectivity index is 1.86. The van der Waals surface area contributed by atoms with E-state index < -0.39 is 11.9 Å². The van der Waals surface area contributed by atoms with Gasteiger partial charge < -0.3 is 23.9 Å². The van der Waals surface area contributed by atoms with Crippen molar-refractivity contribution in [1.82, 2.24) is 5.32 Å². The fourth-order valence-corrected chi connectivity index (χ4v) is 2.12. The van der Waals surface area contributed by atoms with Crippen molar-refractivity contribution < 1.29 is 28.2 Å². The fourth-order valence-electron chi connectivity index (χ4n) is 2.12. The summed E-state index contributed by atoms with van der Waals surface area (Å²) in [5.74, 6) is 0.111. The predicted molar refractivity (Wildman–Crippen MR) is 83.3 cm³/mol. The van der Waals surface area contributed by atoms with Crippen LogP contribution in [0.3, 0.4) is 0 Å². The van der Waals surface area contributed by atoms with Gasteiger partial charge in [0.15, 0.2) is 17.3 Å². The van der Waals surface area contributed by atoms with Crippen LogP contribution in [0.1, 0.15) is 23.0 Å². The molecule has 7 heteroatoms. The van der Waals surface area contributed by atoms with Gasteiger partial charge in [-0.05, 0) is 42.8 Å². The van der Waals surface area contributed by atoms with Crippen molar-refractivity contribution in [3.8, 4) is 11.5 Å². The molecule has 124 valence electrons. The summed E-state index contributed by atoms with van der Waals surface area (Å²) in [5.41, 5.74) is 0.652. The molecule has 2 aromatic rings. The third-order valence-corrected chi connectivity index (χ3v) is 3.20. The lowest BCUT2D eigenvalue weighted by Crippen LogP contribution is -2.28. The Kier molecular flexibility index (Phi) is 4.51. The molecule has 1 aliphatic rings. The van der Waals surface area contributed by atoms with Crippen LogP contribution in [0.2, 0.25) is 0 Å².